The number of ether oxygens (including phenoxy) is 1. The molecule has 0 spiro atoms. The number of hydrogen-bond acceptors (Lipinski definition) is 4. The lowest BCUT2D eigenvalue weighted by Crippen LogP contribution is -2.13. The predicted octanol–water partition coefficient (Wildman–Crippen LogP) is 5.15. The minimum atomic E-state index is -4.47. The number of alkyl halides is 3. The number of furan rings is 1. The summed E-state index contributed by atoms with van der Waals surface area (Å²) in [5.41, 5.74) is 0.820. The fraction of sp³-hybridized carbons (Fsp3) is 0.182. The van der Waals surface area contributed by atoms with Gasteiger partial charge in [-0.25, -0.2) is 4.79 Å². The molecule has 0 amide bonds. The maximum absolute atomic E-state index is 13.0. The second kappa shape index (κ2) is 8.44. The summed E-state index contributed by atoms with van der Waals surface area (Å²) in [5, 5.41) is 0. The molecule has 0 fully saturated rings. The zero-order valence-electron chi connectivity index (χ0n) is 16.2. The molecule has 3 aromatic rings. The molecular formula is C22H18F3NO4. The summed E-state index contributed by atoms with van der Waals surface area (Å²) in [6, 6.07) is 9.72. The minimum Gasteiger partial charge on any atom is -0.465 e. The Balaban J connectivity index is 1.75. The fourth-order valence-electron chi connectivity index (χ4n) is 3.06. The average Bonchev–Trinajstić information content (AvgIpc) is 3.31. The molecule has 156 valence electrons. The van der Waals surface area contributed by atoms with Crippen LogP contribution < -0.4 is 0 Å². The summed E-state index contributed by atoms with van der Waals surface area (Å²) >= 11 is 0. The molecule has 0 unspecified atom stereocenters. The van der Waals surface area contributed by atoms with Crippen LogP contribution in [0.5, 0.6) is 0 Å². The molecule has 2 heterocycles. The van der Waals surface area contributed by atoms with Crippen LogP contribution in [0, 0.1) is 13.8 Å². The topological polar surface area (TPSA) is 61.4 Å². The quantitative estimate of drug-likeness (QED) is 0.316. The van der Waals surface area contributed by atoms with Gasteiger partial charge in [0, 0.05) is 28.7 Å². The van der Waals surface area contributed by atoms with Gasteiger partial charge >= 0.3 is 12.1 Å². The third kappa shape index (κ3) is 4.71. The minimum absolute atomic E-state index is 0.271. The number of esters is 1. The van der Waals surface area contributed by atoms with Crippen LogP contribution in [0.4, 0.5) is 13.2 Å². The van der Waals surface area contributed by atoms with Gasteiger partial charge in [0.15, 0.2) is 6.61 Å². The van der Waals surface area contributed by atoms with E-state index >= 15 is 0 Å². The van der Waals surface area contributed by atoms with Crippen LogP contribution in [-0.2, 0) is 15.7 Å². The van der Waals surface area contributed by atoms with E-state index in [-0.39, 0.29) is 11.3 Å². The second-order valence-electron chi connectivity index (χ2n) is 6.55. The van der Waals surface area contributed by atoms with Crippen molar-refractivity contribution >= 4 is 17.8 Å². The highest BCUT2D eigenvalue weighted by atomic mass is 19.4. The molecule has 0 atom stereocenters. The number of benzene rings is 1. The second-order valence-corrected chi connectivity index (χ2v) is 6.55. The van der Waals surface area contributed by atoms with Crippen molar-refractivity contribution in [1.82, 2.24) is 4.57 Å². The van der Waals surface area contributed by atoms with Crippen LogP contribution in [0.3, 0.4) is 0 Å². The Bertz CT molecular complexity index is 1090. The average molecular weight is 417 g/mol. The van der Waals surface area contributed by atoms with E-state index in [0.717, 1.165) is 18.2 Å². The van der Waals surface area contributed by atoms with Crippen LogP contribution in [-0.4, -0.2) is 22.9 Å². The van der Waals surface area contributed by atoms with Crippen LogP contribution in [0.25, 0.3) is 11.8 Å². The molecule has 0 saturated heterocycles. The van der Waals surface area contributed by atoms with Crippen molar-refractivity contribution in [2.24, 2.45) is 0 Å². The van der Waals surface area contributed by atoms with Gasteiger partial charge in [-0.2, -0.15) is 13.2 Å². The molecule has 1 aromatic carbocycles. The van der Waals surface area contributed by atoms with E-state index in [9.17, 15) is 22.8 Å². The molecule has 0 aliphatic carbocycles. The van der Waals surface area contributed by atoms with E-state index in [1.807, 2.05) is 0 Å². The maximum atomic E-state index is 13.0. The number of ketones is 1. The van der Waals surface area contributed by atoms with E-state index in [0.29, 0.717) is 17.1 Å². The number of nitrogens with zero attached hydrogens (tertiary/aromatic N) is 1. The molecule has 0 aliphatic rings. The molecule has 30 heavy (non-hydrogen) atoms. The molecular weight excluding hydrogens is 399 g/mol. The Morgan fingerprint density at radius 2 is 1.90 bits per heavy atom. The largest absolute Gasteiger partial charge is 0.465 e. The van der Waals surface area contributed by atoms with E-state index in [4.69, 9.17) is 9.15 Å². The zero-order chi connectivity index (χ0) is 21.9. The van der Waals surface area contributed by atoms with Gasteiger partial charge in [-0.15, -0.1) is 0 Å². The van der Waals surface area contributed by atoms with Crippen molar-refractivity contribution in [1.29, 1.82) is 0 Å². The molecule has 0 radical (unpaired) electrons. The smallest absolute Gasteiger partial charge is 0.416 e. The first-order chi connectivity index (χ1) is 14.2. The third-order valence-electron chi connectivity index (χ3n) is 4.44. The summed E-state index contributed by atoms with van der Waals surface area (Å²) in [4.78, 5) is 24.3. The van der Waals surface area contributed by atoms with Crippen molar-refractivity contribution in [3.63, 3.8) is 0 Å². The Hall–Kier alpha value is -3.55. The maximum Gasteiger partial charge on any atom is 0.416 e. The zero-order valence-corrected chi connectivity index (χ0v) is 16.2. The van der Waals surface area contributed by atoms with E-state index in [1.54, 1.807) is 36.6 Å². The lowest BCUT2D eigenvalue weighted by atomic mass is 10.1. The van der Waals surface area contributed by atoms with Gasteiger partial charge in [0.2, 0.25) is 5.78 Å². The van der Waals surface area contributed by atoms with Crippen LogP contribution >= 0.6 is 0 Å². The Morgan fingerprint density at radius 3 is 2.57 bits per heavy atom. The first-order valence-electron chi connectivity index (χ1n) is 8.95. The molecule has 3 rings (SSSR count). The lowest BCUT2D eigenvalue weighted by Gasteiger charge is -2.13. The lowest BCUT2D eigenvalue weighted by molar-refractivity contribution is -0.138. The Labute approximate surface area is 170 Å². The Morgan fingerprint density at radius 1 is 1.13 bits per heavy atom. The highest BCUT2D eigenvalue weighted by molar-refractivity contribution is 6.00. The van der Waals surface area contributed by atoms with Crippen LogP contribution in [0.1, 0.15) is 33.1 Å². The van der Waals surface area contributed by atoms with Crippen molar-refractivity contribution < 1.29 is 31.9 Å². The fourth-order valence-corrected chi connectivity index (χ4v) is 3.06. The number of aryl methyl sites for hydroxylation is 1. The molecule has 0 bridgehead atoms. The number of hydrogen-bond donors (Lipinski definition) is 0. The van der Waals surface area contributed by atoms with Gasteiger partial charge in [0.05, 0.1) is 11.8 Å². The van der Waals surface area contributed by atoms with Crippen molar-refractivity contribution in [2.45, 2.75) is 20.0 Å². The number of carbonyl (C=O) groups excluding carboxylic acids is 2. The molecule has 8 heteroatoms. The van der Waals surface area contributed by atoms with Crippen molar-refractivity contribution in [2.75, 3.05) is 6.61 Å². The van der Waals surface area contributed by atoms with Gasteiger partial charge in [-0.05, 0) is 56.3 Å². The number of aromatic nitrogens is 1. The summed E-state index contributed by atoms with van der Waals surface area (Å²) in [7, 11) is 0. The summed E-state index contributed by atoms with van der Waals surface area (Å²) < 4.78 is 50.6. The summed E-state index contributed by atoms with van der Waals surface area (Å²) in [5.74, 6) is -0.713. The molecule has 0 aliphatic heterocycles. The highest BCUT2D eigenvalue weighted by Crippen LogP contribution is 2.31. The van der Waals surface area contributed by atoms with Gasteiger partial charge in [0.1, 0.15) is 5.76 Å². The standard InChI is InChI=1S/C22H18F3NO4/c1-14-11-19(20(27)13-30-21(28)9-8-18-7-4-10-29-18)15(2)26(14)17-6-3-5-16(12-17)22(23,24)25/h3-12H,13H2,1-2H3. The van der Waals surface area contributed by atoms with Gasteiger partial charge in [-0.3, -0.25) is 4.79 Å². The number of rotatable bonds is 6. The SMILES string of the molecule is Cc1cc(C(=O)COC(=O)C=Cc2ccco2)c(C)n1-c1cccc(C(F)(F)F)c1. The normalized spacial score (nSPS) is 11.8. The van der Waals surface area contributed by atoms with Crippen molar-refractivity contribution in [3.05, 3.63) is 83.1 Å². The molecule has 5 nitrogen and oxygen atoms in total. The third-order valence-corrected chi connectivity index (χ3v) is 4.44. The molecule has 0 saturated carbocycles. The van der Waals surface area contributed by atoms with E-state index in [2.05, 4.69) is 0 Å². The molecule has 2 aromatic heterocycles. The predicted molar refractivity (Wildman–Crippen MR) is 103 cm³/mol. The first kappa shape index (κ1) is 21.2. The highest BCUT2D eigenvalue weighted by Gasteiger charge is 2.30. The number of Topliss-reactive ketones (excluding diaryl/α,β-unsaturated/α-hetero) is 1. The number of carbonyl (C=O) groups is 2. The monoisotopic (exact) mass is 417 g/mol. The van der Waals surface area contributed by atoms with Gasteiger partial charge in [-0.1, -0.05) is 6.07 Å². The van der Waals surface area contributed by atoms with E-state index in [1.165, 1.54) is 24.5 Å². The first-order valence-corrected chi connectivity index (χ1v) is 8.95. The summed E-state index contributed by atoms with van der Waals surface area (Å²) in [6.07, 6.45) is -0.472. The summed E-state index contributed by atoms with van der Waals surface area (Å²) in [6.45, 7) is 2.81. The van der Waals surface area contributed by atoms with Crippen molar-refractivity contribution in [3.8, 4) is 5.69 Å². The number of halogens is 3. The van der Waals surface area contributed by atoms with Gasteiger partial charge in [0.25, 0.3) is 0 Å². The van der Waals surface area contributed by atoms with Crippen LogP contribution in [0.2, 0.25) is 0 Å². The Kier molecular flexibility index (Phi) is 5.96. The van der Waals surface area contributed by atoms with E-state index < -0.39 is 30.1 Å². The molecule has 0 N–H and O–H groups in total. The van der Waals surface area contributed by atoms with Crippen LogP contribution in [0.15, 0.2) is 59.2 Å². The van der Waals surface area contributed by atoms with Gasteiger partial charge < -0.3 is 13.7 Å².